The molecule has 1 aromatic rings. The molecule has 3 N–H and O–H groups in total. The van der Waals surface area contributed by atoms with Crippen LogP contribution in [0.15, 0.2) is 23.1 Å². The fourth-order valence-corrected chi connectivity index (χ4v) is 2.87. The van der Waals surface area contributed by atoms with Crippen LogP contribution in [0.4, 0.5) is 0 Å². The number of nitrogens with one attached hydrogen (secondary N) is 1. The number of hydrogen-bond acceptors (Lipinski definition) is 3. The molecule has 0 amide bonds. The van der Waals surface area contributed by atoms with Crippen molar-refractivity contribution < 1.29 is 8.42 Å². The van der Waals surface area contributed by atoms with Crippen LogP contribution in [0.25, 0.3) is 0 Å². The van der Waals surface area contributed by atoms with Crippen molar-refractivity contribution in [3.8, 4) is 0 Å². The van der Waals surface area contributed by atoms with E-state index in [4.69, 9.17) is 5.73 Å². The Kier molecular flexibility index (Phi) is 6.84. The van der Waals surface area contributed by atoms with Gasteiger partial charge in [-0.1, -0.05) is 17.7 Å². The first-order valence-corrected chi connectivity index (χ1v) is 7.14. The Morgan fingerprint density at radius 2 is 1.94 bits per heavy atom. The van der Waals surface area contributed by atoms with E-state index in [2.05, 4.69) is 4.72 Å². The molecular weight excluding hydrogens is 272 g/mol. The predicted molar refractivity (Wildman–Crippen MR) is 76.6 cm³/mol. The summed E-state index contributed by atoms with van der Waals surface area (Å²) in [5, 5.41) is 0. The number of sulfonamides is 1. The maximum atomic E-state index is 12.0. The molecule has 1 aromatic carbocycles. The number of benzene rings is 1. The van der Waals surface area contributed by atoms with E-state index in [0.29, 0.717) is 17.9 Å². The molecule has 0 aliphatic carbocycles. The van der Waals surface area contributed by atoms with Gasteiger partial charge in [-0.2, -0.15) is 0 Å². The molecule has 0 bridgehead atoms. The molecule has 1 unspecified atom stereocenters. The Hall–Kier alpha value is -0.620. The third kappa shape index (κ3) is 4.94. The van der Waals surface area contributed by atoms with Gasteiger partial charge in [0.15, 0.2) is 0 Å². The normalized spacial score (nSPS) is 12.9. The zero-order chi connectivity index (χ0) is 13.1. The van der Waals surface area contributed by atoms with Crippen molar-refractivity contribution in [2.45, 2.75) is 38.1 Å². The average Bonchev–Trinajstić information content (AvgIpc) is 2.15. The largest absolute Gasteiger partial charge is 0.328 e. The molecule has 1 atom stereocenters. The first-order valence-electron chi connectivity index (χ1n) is 5.65. The van der Waals surface area contributed by atoms with Crippen LogP contribution in [-0.2, 0) is 10.0 Å². The first kappa shape index (κ1) is 17.4. The third-order valence-corrected chi connectivity index (χ3v) is 4.13. The van der Waals surface area contributed by atoms with E-state index >= 15 is 0 Å². The molecule has 0 fully saturated rings. The van der Waals surface area contributed by atoms with Crippen LogP contribution >= 0.6 is 12.4 Å². The van der Waals surface area contributed by atoms with Gasteiger partial charge in [-0.25, -0.2) is 13.1 Å². The summed E-state index contributed by atoms with van der Waals surface area (Å²) < 4.78 is 26.5. The maximum Gasteiger partial charge on any atom is 0.240 e. The summed E-state index contributed by atoms with van der Waals surface area (Å²) >= 11 is 0. The third-order valence-electron chi connectivity index (χ3n) is 2.51. The van der Waals surface area contributed by atoms with E-state index in [0.717, 1.165) is 11.1 Å². The van der Waals surface area contributed by atoms with E-state index in [-0.39, 0.29) is 18.4 Å². The van der Waals surface area contributed by atoms with Gasteiger partial charge in [0.25, 0.3) is 0 Å². The lowest BCUT2D eigenvalue weighted by Crippen LogP contribution is -2.29. The van der Waals surface area contributed by atoms with E-state index in [1.165, 1.54) is 0 Å². The van der Waals surface area contributed by atoms with Gasteiger partial charge in [0.2, 0.25) is 10.0 Å². The second-order valence-electron chi connectivity index (χ2n) is 4.43. The van der Waals surface area contributed by atoms with Gasteiger partial charge in [0, 0.05) is 12.6 Å². The molecule has 0 aliphatic rings. The molecule has 6 heteroatoms. The van der Waals surface area contributed by atoms with Crippen molar-refractivity contribution in [3.05, 3.63) is 29.3 Å². The average molecular weight is 293 g/mol. The Morgan fingerprint density at radius 3 is 2.44 bits per heavy atom. The topological polar surface area (TPSA) is 72.2 Å². The lowest BCUT2D eigenvalue weighted by atomic mass is 10.2. The van der Waals surface area contributed by atoms with Gasteiger partial charge in [0.05, 0.1) is 4.90 Å². The molecule has 18 heavy (non-hydrogen) atoms. The summed E-state index contributed by atoms with van der Waals surface area (Å²) in [5.41, 5.74) is 7.39. The summed E-state index contributed by atoms with van der Waals surface area (Å²) in [7, 11) is -3.41. The zero-order valence-corrected chi connectivity index (χ0v) is 12.6. The molecule has 0 saturated heterocycles. The monoisotopic (exact) mass is 292 g/mol. The van der Waals surface area contributed by atoms with Crippen LogP contribution in [0.2, 0.25) is 0 Å². The standard InChI is InChI=1S/C12H20N2O2S.ClH/c1-9-4-5-12(10(2)8-9)17(15,16)14-7-6-11(3)13;/h4-5,8,11,14H,6-7,13H2,1-3H3;1H. The van der Waals surface area contributed by atoms with Crippen molar-refractivity contribution in [3.63, 3.8) is 0 Å². The van der Waals surface area contributed by atoms with Crippen LogP contribution in [0.5, 0.6) is 0 Å². The first-order chi connectivity index (χ1) is 7.83. The number of halogens is 1. The van der Waals surface area contributed by atoms with E-state index in [9.17, 15) is 8.42 Å². The number of aryl methyl sites for hydroxylation is 2. The van der Waals surface area contributed by atoms with Crippen LogP contribution in [0, 0.1) is 13.8 Å². The Balaban J connectivity index is 0.00000289. The summed E-state index contributed by atoms with van der Waals surface area (Å²) in [6.45, 7) is 5.96. The Morgan fingerprint density at radius 1 is 1.33 bits per heavy atom. The van der Waals surface area contributed by atoms with Crippen molar-refractivity contribution in [1.82, 2.24) is 4.72 Å². The predicted octanol–water partition coefficient (Wildman–Crippen LogP) is 1.74. The zero-order valence-electron chi connectivity index (χ0n) is 10.9. The van der Waals surface area contributed by atoms with E-state index in [1.54, 1.807) is 19.1 Å². The number of rotatable bonds is 5. The lowest BCUT2D eigenvalue weighted by Gasteiger charge is -2.10. The van der Waals surface area contributed by atoms with Crippen molar-refractivity contribution in [2.24, 2.45) is 5.73 Å². The minimum atomic E-state index is -3.41. The van der Waals surface area contributed by atoms with Gasteiger partial charge in [-0.05, 0) is 38.8 Å². The molecule has 0 radical (unpaired) electrons. The highest BCUT2D eigenvalue weighted by molar-refractivity contribution is 7.89. The van der Waals surface area contributed by atoms with Crippen molar-refractivity contribution in [2.75, 3.05) is 6.54 Å². The highest BCUT2D eigenvalue weighted by atomic mass is 35.5. The van der Waals surface area contributed by atoms with Crippen LogP contribution < -0.4 is 10.5 Å². The van der Waals surface area contributed by atoms with E-state index in [1.807, 2.05) is 19.9 Å². The second-order valence-corrected chi connectivity index (χ2v) is 6.17. The molecule has 104 valence electrons. The van der Waals surface area contributed by atoms with Crippen LogP contribution in [0.3, 0.4) is 0 Å². The van der Waals surface area contributed by atoms with Crippen LogP contribution in [-0.4, -0.2) is 21.0 Å². The Labute approximate surface area is 115 Å². The Bertz CT molecular complexity index is 487. The van der Waals surface area contributed by atoms with Gasteiger partial charge in [-0.15, -0.1) is 12.4 Å². The summed E-state index contributed by atoms with van der Waals surface area (Å²) in [6, 6.07) is 5.29. The summed E-state index contributed by atoms with van der Waals surface area (Å²) in [4.78, 5) is 0.341. The lowest BCUT2D eigenvalue weighted by molar-refractivity contribution is 0.571. The molecule has 4 nitrogen and oxygen atoms in total. The fourth-order valence-electron chi connectivity index (χ4n) is 1.60. The smallest absolute Gasteiger partial charge is 0.240 e. The summed E-state index contributed by atoms with van der Waals surface area (Å²) in [6.07, 6.45) is 0.629. The van der Waals surface area contributed by atoms with Crippen LogP contribution in [0.1, 0.15) is 24.5 Å². The van der Waals surface area contributed by atoms with Gasteiger partial charge < -0.3 is 5.73 Å². The molecular formula is C12H21ClN2O2S. The summed E-state index contributed by atoms with van der Waals surface area (Å²) in [5.74, 6) is 0. The minimum Gasteiger partial charge on any atom is -0.328 e. The maximum absolute atomic E-state index is 12.0. The molecule has 0 spiro atoms. The molecule has 0 heterocycles. The van der Waals surface area contributed by atoms with Gasteiger partial charge >= 0.3 is 0 Å². The molecule has 1 rings (SSSR count). The van der Waals surface area contributed by atoms with Crippen molar-refractivity contribution in [1.29, 1.82) is 0 Å². The van der Waals surface area contributed by atoms with E-state index < -0.39 is 10.0 Å². The minimum absolute atomic E-state index is 0. The number of nitrogens with two attached hydrogens (primary N) is 1. The highest BCUT2D eigenvalue weighted by Crippen LogP contribution is 2.16. The second kappa shape index (κ2) is 7.09. The molecule has 0 aliphatic heterocycles. The fraction of sp³-hybridized carbons (Fsp3) is 0.500. The highest BCUT2D eigenvalue weighted by Gasteiger charge is 2.15. The molecule has 0 saturated carbocycles. The van der Waals surface area contributed by atoms with Gasteiger partial charge in [0.1, 0.15) is 0 Å². The SMILES string of the molecule is Cc1ccc(S(=O)(=O)NCCC(C)N)c(C)c1.Cl. The van der Waals surface area contributed by atoms with Gasteiger partial charge in [-0.3, -0.25) is 0 Å². The quantitative estimate of drug-likeness (QED) is 0.868. The number of hydrogen-bond donors (Lipinski definition) is 2. The molecule has 0 aromatic heterocycles. The van der Waals surface area contributed by atoms with Crippen molar-refractivity contribution >= 4 is 22.4 Å².